The third kappa shape index (κ3) is 1.47. The summed E-state index contributed by atoms with van der Waals surface area (Å²) in [6.45, 7) is 1.69. The molecule has 2 aliphatic heterocycles. The van der Waals surface area contributed by atoms with E-state index in [1.807, 2.05) is 0 Å². The van der Waals surface area contributed by atoms with E-state index in [0.29, 0.717) is 11.5 Å². The van der Waals surface area contributed by atoms with Crippen LogP contribution in [-0.4, -0.2) is 50.3 Å². The molecule has 0 aromatic carbocycles. The Morgan fingerprint density at radius 1 is 1.44 bits per heavy atom. The summed E-state index contributed by atoms with van der Waals surface area (Å²) in [6, 6.07) is 0. The highest BCUT2D eigenvalue weighted by molar-refractivity contribution is 6.04. The van der Waals surface area contributed by atoms with Crippen LogP contribution in [-0.2, 0) is 4.74 Å². The maximum absolute atomic E-state index is 9.93. The Hall–Kier alpha value is -1.77. The third-order valence-electron chi connectivity index (χ3n) is 3.14. The van der Waals surface area contributed by atoms with E-state index in [9.17, 15) is 10.2 Å². The van der Waals surface area contributed by atoms with Gasteiger partial charge in [-0.1, -0.05) is 9.98 Å². The minimum absolute atomic E-state index is 0.264. The van der Waals surface area contributed by atoms with Crippen molar-refractivity contribution in [1.82, 2.24) is 14.5 Å². The highest BCUT2D eigenvalue weighted by Gasteiger charge is 2.43. The molecular formula is C10H13N5O3+. The van der Waals surface area contributed by atoms with Crippen molar-refractivity contribution in [3.8, 4) is 0 Å². The van der Waals surface area contributed by atoms with Crippen LogP contribution < -0.4 is 10.7 Å². The van der Waals surface area contributed by atoms with Crippen LogP contribution in [0, 0.1) is 0 Å². The molecule has 4 N–H and O–H groups in total. The van der Waals surface area contributed by atoms with Crippen LogP contribution in [0.4, 0.5) is 5.82 Å². The van der Waals surface area contributed by atoms with E-state index in [2.05, 4.69) is 15.0 Å². The molecule has 0 saturated carbocycles. The minimum atomic E-state index is -1.03. The van der Waals surface area contributed by atoms with Crippen molar-refractivity contribution in [2.24, 2.45) is 10.7 Å². The number of rotatable bonds is 1. The highest BCUT2D eigenvalue weighted by Crippen LogP contribution is 2.33. The van der Waals surface area contributed by atoms with Crippen molar-refractivity contribution in [1.29, 1.82) is 0 Å². The van der Waals surface area contributed by atoms with Gasteiger partial charge in [0.05, 0.1) is 6.10 Å². The molecule has 2 aliphatic rings. The molecule has 4 atom stereocenters. The first kappa shape index (κ1) is 11.3. The number of fused-ring (bicyclic) bond motifs is 1. The summed E-state index contributed by atoms with van der Waals surface area (Å²) in [5.41, 5.74) is 6.12. The van der Waals surface area contributed by atoms with E-state index < -0.39 is 24.5 Å². The van der Waals surface area contributed by atoms with Crippen molar-refractivity contribution >= 4 is 18.0 Å². The van der Waals surface area contributed by atoms with Gasteiger partial charge >= 0.3 is 0 Å². The van der Waals surface area contributed by atoms with Crippen LogP contribution in [0.15, 0.2) is 11.3 Å². The molecule has 0 unspecified atom stereocenters. The minimum Gasteiger partial charge on any atom is -0.388 e. The van der Waals surface area contributed by atoms with Gasteiger partial charge in [0, 0.05) is 0 Å². The van der Waals surface area contributed by atoms with Gasteiger partial charge in [-0.15, -0.1) is 0 Å². The molecule has 18 heavy (non-hydrogen) atoms. The van der Waals surface area contributed by atoms with Crippen LogP contribution in [0.25, 0.3) is 0 Å². The lowest BCUT2D eigenvalue weighted by molar-refractivity contribution is -0.0311. The molecule has 1 radical (unpaired) electrons. The van der Waals surface area contributed by atoms with E-state index >= 15 is 0 Å². The Morgan fingerprint density at radius 3 is 2.89 bits per heavy atom. The van der Waals surface area contributed by atoms with Crippen LogP contribution in [0.2, 0.25) is 0 Å². The molecule has 0 bridgehead atoms. The van der Waals surface area contributed by atoms with Gasteiger partial charge in [0.2, 0.25) is 11.5 Å². The lowest BCUT2D eigenvalue weighted by Gasteiger charge is -2.16. The molecule has 1 aromatic heterocycles. The lowest BCUT2D eigenvalue weighted by atomic mass is 10.1. The fourth-order valence-corrected chi connectivity index (χ4v) is 2.11. The van der Waals surface area contributed by atoms with Crippen molar-refractivity contribution in [2.45, 2.75) is 31.5 Å². The second-order valence-electron chi connectivity index (χ2n) is 4.30. The third-order valence-corrected chi connectivity index (χ3v) is 3.14. The standard InChI is InChI=1S/C10H13N5O3/c1-4-6(16)7(17)10(18-4)15-3-14-5-8(11)12-2-13-9(5)15/h2-4,6-7,10,16-17H,1H3,(H2,11,13)/q+1/t4-,6-,7-,10-/m1/s1. The molecule has 1 fully saturated rings. The maximum Gasteiger partial charge on any atom is 0.286 e. The Bertz CT molecular complexity index is 538. The number of aliphatic imine (C=N–C) groups is 2. The number of hydrogen-bond donors (Lipinski definition) is 3. The van der Waals surface area contributed by atoms with Gasteiger partial charge in [0.15, 0.2) is 6.23 Å². The molecule has 0 spiro atoms. The number of aromatic nitrogens is 2. The number of nitrogens with two attached hydrogens (primary N) is 1. The molecule has 95 valence electrons. The Balaban J connectivity index is 2.00. The molecule has 0 amide bonds. The van der Waals surface area contributed by atoms with Crippen molar-refractivity contribution < 1.29 is 14.9 Å². The number of amidine groups is 1. The van der Waals surface area contributed by atoms with E-state index in [-0.39, 0.29) is 5.84 Å². The highest BCUT2D eigenvalue weighted by atomic mass is 16.6. The Kier molecular flexibility index (Phi) is 2.44. The number of imidazole rings is 1. The first-order chi connectivity index (χ1) is 8.59. The summed E-state index contributed by atoms with van der Waals surface area (Å²) in [7, 11) is 0. The molecule has 8 nitrogen and oxygen atoms in total. The SMILES string of the molecule is C[C@H]1O[C@@H](n2cnc3c2N=C[N+]=C3N)[C@H](O)[C@@H]1O. The molecule has 3 rings (SSSR count). The van der Waals surface area contributed by atoms with Crippen LogP contribution >= 0.6 is 0 Å². The summed E-state index contributed by atoms with van der Waals surface area (Å²) < 4.78 is 7.05. The normalized spacial score (nSPS) is 34.5. The average Bonchev–Trinajstić information content (AvgIpc) is 2.88. The van der Waals surface area contributed by atoms with E-state index in [0.717, 1.165) is 0 Å². The number of nitrogens with zero attached hydrogens (tertiary/aromatic N) is 4. The molecule has 1 aromatic rings. The predicted octanol–water partition coefficient (Wildman–Crippen LogP) is -1.76. The monoisotopic (exact) mass is 251 g/mol. The van der Waals surface area contributed by atoms with E-state index in [4.69, 9.17) is 10.5 Å². The lowest BCUT2D eigenvalue weighted by Crippen LogP contribution is -2.30. The summed E-state index contributed by atoms with van der Waals surface area (Å²) in [5, 5.41) is 19.6. The smallest absolute Gasteiger partial charge is 0.286 e. The van der Waals surface area contributed by atoms with Gasteiger partial charge in [-0.2, -0.15) is 0 Å². The molecule has 8 heteroatoms. The van der Waals surface area contributed by atoms with Gasteiger partial charge < -0.3 is 20.7 Å². The van der Waals surface area contributed by atoms with E-state index in [1.54, 1.807) is 11.5 Å². The number of aliphatic hydroxyl groups is 2. The summed E-state index contributed by atoms with van der Waals surface area (Å²) in [6.07, 6.45) is -0.373. The fourth-order valence-electron chi connectivity index (χ4n) is 2.11. The maximum atomic E-state index is 9.93. The number of aliphatic hydroxyl groups excluding tert-OH is 2. The second-order valence-corrected chi connectivity index (χ2v) is 4.30. The van der Waals surface area contributed by atoms with Crippen molar-refractivity contribution in [2.75, 3.05) is 0 Å². The van der Waals surface area contributed by atoms with Crippen LogP contribution in [0.5, 0.6) is 0 Å². The predicted molar refractivity (Wildman–Crippen MR) is 62.4 cm³/mol. The molecule has 0 aliphatic carbocycles. The van der Waals surface area contributed by atoms with Crippen LogP contribution in [0.1, 0.15) is 18.8 Å². The zero-order valence-corrected chi connectivity index (χ0v) is 9.63. The average molecular weight is 251 g/mol. The summed E-state index contributed by atoms with van der Waals surface area (Å²) in [5.74, 6) is 0.729. The summed E-state index contributed by atoms with van der Waals surface area (Å²) >= 11 is 0. The molecular weight excluding hydrogens is 238 g/mol. The number of hydrogen-bond acceptors (Lipinski definition) is 7. The van der Waals surface area contributed by atoms with Gasteiger partial charge in [-0.05, 0) is 6.92 Å². The first-order valence-corrected chi connectivity index (χ1v) is 5.54. The second kappa shape index (κ2) is 3.87. The van der Waals surface area contributed by atoms with Gasteiger partial charge in [0.1, 0.15) is 18.5 Å². The quantitative estimate of drug-likeness (QED) is 0.546. The molecule has 1 saturated heterocycles. The number of ether oxygens (including phenoxy) is 1. The first-order valence-electron chi connectivity index (χ1n) is 5.54. The topological polar surface area (TPSA) is 120 Å². The van der Waals surface area contributed by atoms with Crippen molar-refractivity contribution in [3.63, 3.8) is 0 Å². The van der Waals surface area contributed by atoms with Gasteiger partial charge in [-0.3, -0.25) is 4.57 Å². The molecule has 3 heterocycles. The zero-order valence-electron chi connectivity index (χ0n) is 9.63. The Morgan fingerprint density at radius 2 is 2.22 bits per heavy atom. The van der Waals surface area contributed by atoms with Crippen LogP contribution in [0.3, 0.4) is 0 Å². The Labute approximate surface area is 102 Å². The summed E-state index contributed by atoms with van der Waals surface area (Å²) in [4.78, 5) is 12.0. The van der Waals surface area contributed by atoms with E-state index in [1.165, 1.54) is 12.7 Å². The van der Waals surface area contributed by atoms with Gasteiger partial charge in [-0.25, -0.2) is 4.98 Å². The van der Waals surface area contributed by atoms with Crippen molar-refractivity contribution in [3.05, 3.63) is 12.0 Å². The zero-order chi connectivity index (χ0) is 12.9. The van der Waals surface area contributed by atoms with Gasteiger partial charge in [0.25, 0.3) is 12.2 Å². The fraction of sp³-hybridized carbons (Fsp3) is 0.500. The largest absolute Gasteiger partial charge is 0.388 e.